The second-order valence-electron chi connectivity index (χ2n) is 11.3. The van der Waals surface area contributed by atoms with Crippen LogP contribution >= 0.6 is 0 Å². The lowest BCUT2D eigenvalue weighted by molar-refractivity contribution is -0.139. The van der Waals surface area contributed by atoms with Gasteiger partial charge in [-0.1, -0.05) is 33.3 Å². The van der Waals surface area contributed by atoms with Gasteiger partial charge in [0.15, 0.2) is 5.60 Å². The first-order valence-electron chi connectivity index (χ1n) is 11.7. The quantitative estimate of drug-likeness (QED) is 0.746. The highest BCUT2D eigenvalue weighted by molar-refractivity contribution is 6.05. The predicted octanol–water partition coefficient (Wildman–Crippen LogP) is 3.32. The average molecular weight is 401 g/mol. The molecule has 5 nitrogen and oxygen atoms in total. The average Bonchev–Trinajstić information content (AvgIpc) is 3.25. The lowest BCUT2D eigenvalue weighted by Crippen LogP contribution is -2.62. The first-order valence-corrected chi connectivity index (χ1v) is 11.7. The van der Waals surface area contributed by atoms with E-state index >= 15 is 0 Å². The lowest BCUT2D eigenvalue weighted by Gasteiger charge is -2.59. The zero-order valence-electron chi connectivity index (χ0n) is 18.1. The molecule has 5 aliphatic rings. The number of amides is 2. The van der Waals surface area contributed by atoms with Crippen LogP contribution in [0.25, 0.3) is 0 Å². The molecule has 3 unspecified atom stereocenters. The molecule has 2 aliphatic heterocycles. The highest BCUT2D eigenvalue weighted by atomic mass is 16.5. The number of nitrogens with two attached hydrogens (primary N) is 1. The summed E-state index contributed by atoms with van der Waals surface area (Å²) in [5.74, 6) is 1.62. The van der Waals surface area contributed by atoms with Gasteiger partial charge in [-0.2, -0.15) is 0 Å². The van der Waals surface area contributed by atoms with E-state index in [1.807, 2.05) is 0 Å². The largest absolute Gasteiger partial charge is 0.367 e. The first-order chi connectivity index (χ1) is 13.7. The fourth-order valence-electron chi connectivity index (χ4n) is 8.12. The van der Waals surface area contributed by atoms with Crippen molar-refractivity contribution in [3.05, 3.63) is 11.6 Å². The molecule has 0 radical (unpaired) electrons. The predicted molar refractivity (Wildman–Crippen MR) is 111 cm³/mol. The second-order valence-corrected chi connectivity index (χ2v) is 11.3. The summed E-state index contributed by atoms with van der Waals surface area (Å²) in [6, 6.07) is 0.148. The van der Waals surface area contributed by atoms with E-state index in [0.29, 0.717) is 29.9 Å². The third-order valence-corrected chi connectivity index (χ3v) is 9.65. The molecule has 0 aromatic rings. The maximum atomic E-state index is 13.1. The normalized spacial score (nSPS) is 51.5. The summed E-state index contributed by atoms with van der Waals surface area (Å²) in [7, 11) is 0. The van der Waals surface area contributed by atoms with Crippen molar-refractivity contribution in [2.75, 3.05) is 6.61 Å². The van der Waals surface area contributed by atoms with Gasteiger partial charge in [0.25, 0.3) is 11.8 Å². The molecule has 1 saturated heterocycles. The molecule has 5 heteroatoms. The number of hydrogen-bond donors (Lipinski definition) is 2. The maximum Gasteiger partial charge on any atom is 0.254 e. The van der Waals surface area contributed by atoms with Crippen LogP contribution < -0.4 is 11.1 Å². The zero-order valence-corrected chi connectivity index (χ0v) is 18.1. The summed E-state index contributed by atoms with van der Waals surface area (Å²) in [4.78, 5) is 25.7. The molecule has 0 spiro atoms. The van der Waals surface area contributed by atoms with Crippen LogP contribution in [0, 0.1) is 34.5 Å². The molecule has 2 heterocycles. The van der Waals surface area contributed by atoms with Gasteiger partial charge in [0.05, 0.1) is 12.2 Å². The molecule has 3 aliphatic carbocycles. The summed E-state index contributed by atoms with van der Waals surface area (Å²) < 4.78 is 5.97. The standard InChI is InChI=1S/C24H36N2O3/c1-14-11-24(21(25)28,29-13-14)18-12-23(3)17-8-10-22(2)9-4-5-16(22)15(17)6-7-19(23)26-20(18)27/h12,14-17,19H,4-11,13H2,1-3H3,(H2,25,28)(H,26,27)/t14?,15-,16-,17+,19?,22-,23+,24?/m0/s1. The van der Waals surface area contributed by atoms with Gasteiger partial charge in [0, 0.05) is 11.5 Å². The van der Waals surface area contributed by atoms with E-state index < -0.39 is 11.5 Å². The summed E-state index contributed by atoms with van der Waals surface area (Å²) >= 11 is 0. The van der Waals surface area contributed by atoms with Gasteiger partial charge in [0.1, 0.15) is 0 Å². The SMILES string of the molecule is CC1COC(C(N)=O)(C2=C[C@@]3(C)C(CC[C@@H]4[C@H]3CC[C@]3(C)CCC[C@@H]43)NC2=O)C1. The van der Waals surface area contributed by atoms with Gasteiger partial charge >= 0.3 is 0 Å². The van der Waals surface area contributed by atoms with Crippen molar-refractivity contribution in [2.45, 2.75) is 83.8 Å². The van der Waals surface area contributed by atoms with Gasteiger partial charge in [0.2, 0.25) is 0 Å². The van der Waals surface area contributed by atoms with E-state index in [9.17, 15) is 9.59 Å². The number of nitrogens with one attached hydrogen (secondary N) is 1. The molecule has 2 amide bonds. The minimum absolute atomic E-state index is 0.131. The van der Waals surface area contributed by atoms with E-state index in [2.05, 4.69) is 32.2 Å². The van der Waals surface area contributed by atoms with Crippen molar-refractivity contribution in [1.82, 2.24) is 5.32 Å². The Bertz CT molecular complexity index is 778. The van der Waals surface area contributed by atoms with Gasteiger partial charge in [-0.15, -0.1) is 0 Å². The molecule has 8 atom stereocenters. The van der Waals surface area contributed by atoms with Crippen LogP contribution in [-0.4, -0.2) is 30.1 Å². The zero-order chi connectivity index (χ0) is 20.6. The van der Waals surface area contributed by atoms with Crippen molar-refractivity contribution < 1.29 is 14.3 Å². The Morgan fingerprint density at radius 2 is 1.97 bits per heavy atom. The highest BCUT2D eigenvalue weighted by Crippen LogP contribution is 2.63. The summed E-state index contributed by atoms with van der Waals surface area (Å²) in [6.45, 7) is 7.35. The number of carbonyl (C=O) groups is 2. The van der Waals surface area contributed by atoms with Crippen LogP contribution in [0.15, 0.2) is 11.6 Å². The van der Waals surface area contributed by atoms with Crippen molar-refractivity contribution in [3.8, 4) is 0 Å². The van der Waals surface area contributed by atoms with E-state index in [-0.39, 0.29) is 23.3 Å². The molecular formula is C24H36N2O3. The van der Waals surface area contributed by atoms with Crippen molar-refractivity contribution in [2.24, 2.45) is 40.2 Å². The summed E-state index contributed by atoms with van der Waals surface area (Å²) in [5, 5.41) is 3.29. The number of hydrogen-bond acceptors (Lipinski definition) is 3. The monoisotopic (exact) mass is 400 g/mol. The number of ether oxygens (including phenoxy) is 1. The number of fused-ring (bicyclic) bond motifs is 5. The van der Waals surface area contributed by atoms with E-state index in [0.717, 1.165) is 18.3 Å². The van der Waals surface area contributed by atoms with Crippen LogP contribution in [0.2, 0.25) is 0 Å². The van der Waals surface area contributed by atoms with Crippen molar-refractivity contribution >= 4 is 11.8 Å². The molecule has 0 aromatic carbocycles. The Balaban J connectivity index is 1.56. The highest BCUT2D eigenvalue weighted by Gasteiger charge is 2.60. The van der Waals surface area contributed by atoms with Crippen LogP contribution in [-0.2, 0) is 14.3 Å². The van der Waals surface area contributed by atoms with Gasteiger partial charge in [-0.3, -0.25) is 9.59 Å². The molecule has 3 N–H and O–H groups in total. The van der Waals surface area contributed by atoms with Gasteiger partial charge < -0.3 is 15.8 Å². The molecule has 4 fully saturated rings. The third kappa shape index (κ3) is 2.62. The Hall–Kier alpha value is -1.36. The fourth-order valence-corrected chi connectivity index (χ4v) is 8.12. The first kappa shape index (κ1) is 19.6. The van der Waals surface area contributed by atoms with E-state index in [1.54, 1.807) is 0 Å². The second kappa shape index (κ2) is 6.32. The molecule has 0 bridgehead atoms. The summed E-state index contributed by atoms with van der Waals surface area (Å²) in [6.07, 6.45) is 11.5. The molecule has 29 heavy (non-hydrogen) atoms. The molecule has 5 rings (SSSR count). The Morgan fingerprint density at radius 3 is 2.66 bits per heavy atom. The molecule has 3 saturated carbocycles. The van der Waals surface area contributed by atoms with Gasteiger partial charge in [-0.05, 0) is 74.0 Å². The van der Waals surface area contributed by atoms with Crippen LogP contribution in [0.4, 0.5) is 0 Å². The number of carbonyl (C=O) groups excluding carboxylic acids is 2. The Morgan fingerprint density at radius 1 is 1.17 bits per heavy atom. The fraction of sp³-hybridized carbons (Fsp3) is 0.833. The van der Waals surface area contributed by atoms with E-state index in [4.69, 9.17) is 10.5 Å². The van der Waals surface area contributed by atoms with Crippen molar-refractivity contribution in [3.63, 3.8) is 0 Å². The van der Waals surface area contributed by atoms with Crippen LogP contribution in [0.3, 0.4) is 0 Å². The summed E-state index contributed by atoms with van der Waals surface area (Å²) in [5.41, 5.74) is 5.43. The molecule has 160 valence electrons. The van der Waals surface area contributed by atoms with E-state index in [1.165, 1.54) is 38.5 Å². The van der Waals surface area contributed by atoms with Crippen molar-refractivity contribution in [1.29, 1.82) is 0 Å². The smallest absolute Gasteiger partial charge is 0.254 e. The topological polar surface area (TPSA) is 81.4 Å². The Labute approximate surface area is 174 Å². The lowest BCUT2D eigenvalue weighted by atomic mass is 9.48. The Kier molecular flexibility index (Phi) is 4.27. The molecular weight excluding hydrogens is 364 g/mol. The number of primary amides is 1. The van der Waals surface area contributed by atoms with Gasteiger partial charge in [-0.25, -0.2) is 0 Å². The number of rotatable bonds is 2. The van der Waals surface area contributed by atoms with Crippen LogP contribution in [0.5, 0.6) is 0 Å². The third-order valence-electron chi connectivity index (χ3n) is 9.65. The minimum atomic E-state index is -1.26. The van der Waals surface area contributed by atoms with Crippen LogP contribution in [0.1, 0.15) is 72.1 Å². The maximum absolute atomic E-state index is 13.1. The minimum Gasteiger partial charge on any atom is -0.367 e. The molecule has 0 aromatic heterocycles.